The van der Waals surface area contributed by atoms with Crippen molar-refractivity contribution in [1.82, 2.24) is 0 Å². The van der Waals surface area contributed by atoms with Crippen molar-refractivity contribution in [2.75, 3.05) is 31.0 Å². The fraction of sp³-hybridized carbons (Fsp3) is 0.500. The van der Waals surface area contributed by atoms with Gasteiger partial charge in [0.2, 0.25) is 5.91 Å². The van der Waals surface area contributed by atoms with Gasteiger partial charge >= 0.3 is 0 Å². The largest absolute Gasteiger partial charge is 0.491 e. The molecule has 0 heterocycles. The smallest absolute Gasteiger partial charge is 0.224 e. The minimum Gasteiger partial charge on any atom is -0.491 e. The highest BCUT2D eigenvalue weighted by atomic mass is 79.9. The van der Waals surface area contributed by atoms with Gasteiger partial charge in [-0.1, -0.05) is 15.9 Å². The average Bonchev–Trinajstić information content (AvgIpc) is 2.41. The molecule has 19 heavy (non-hydrogen) atoms. The van der Waals surface area contributed by atoms with Crippen LogP contribution in [0.2, 0.25) is 0 Å². The lowest BCUT2D eigenvalue weighted by atomic mass is 10.2. The van der Waals surface area contributed by atoms with Gasteiger partial charge in [0, 0.05) is 24.5 Å². The number of unbranched alkanes of at least 4 members (excludes halogenated alkanes) is 1. The number of halogens is 1. The molecular formula is C14H20BrNO3. The third kappa shape index (κ3) is 7.18. The molecule has 1 rings (SSSR count). The zero-order valence-corrected chi connectivity index (χ0v) is 12.7. The molecule has 1 N–H and O–H groups in total. The summed E-state index contributed by atoms with van der Waals surface area (Å²) >= 11 is 3.35. The lowest BCUT2D eigenvalue weighted by Gasteiger charge is -2.08. The normalized spacial score (nSPS) is 10.2. The van der Waals surface area contributed by atoms with Crippen molar-refractivity contribution < 1.29 is 14.3 Å². The first-order chi connectivity index (χ1) is 9.26. The highest BCUT2D eigenvalue weighted by Crippen LogP contribution is 2.16. The third-order valence-electron chi connectivity index (χ3n) is 2.48. The summed E-state index contributed by atoms with van der Waals surface area (Å²) in [7, 11) is 1.64. The molecule has 0 spiro atoms. The SMILES string of the molecule is COCCOc1ccc(NC(=O)CCCCBr)cc1. The molecule has 1 aromatic rings. The minimum absolute atomic E-state index is 0.0500. The lowest BCUT2D eigenvalue weighted by Crippen LogP contribution is -2.11. The Morgan fingerprint density at radius 3 is 2.58 bits per heavy atom. The van der Waals surface area contributed by atoms with E-state index in [9.17, 15) is 4.79 Å². The van der Waals surface area contributed by atoms with Crippen LogP contribution in [0, 0.1) is 0 Å². The summed E-state index contributed by atoms with van der Waals surface area (Å²) in [5.74, 6) is 0.823. The predicted octanol–water partition coefficient (Wildman–Crippen LogP) is 3.22. The number of hydrogen-bond donors (Lipinski definition) is 1. The highest BCUT2D eigenvalue weighted by Gasteiger charge is 2.02. The predicted molar refractivity (Wildman–Crippen MR) is 80.1 cm³/mol. The van der Waals surface area contributed by atoms with E-state index < -0.39 is 0 Å². The summed E-state index contributed by atoms with van der Waals surface area (Å²) in [5, 5.41) is 3.80. The number of nitrogens with one attached hydrogen (secondary N) is 1. The molecule has 106 valence electrons. The van der Waals surface area contributed by atoms with E-state index in [0.717, 1.165) is 29.6 Å². The number of alkyl halides is 1. The maximum atomic E-state index is 11.6. The summed E-state index contributed by atoms with van der Waals surface area (Å²) in [6.45, 7) is 1.08. The third-order valence-corrected chi connectivity index (χ3v) is 3.04. The Morgan fingerprint density at radius 2 is 1.95 bits per heavy atom. The second-order valence-corrected chi connectivity index (χ2v) is 4.85. The molecule has 0 saturated carbocycles. The van der Waals surface area contributed by atoms with E-state index in [1.165, 1.54) is 0 Å². The van der Waals surface area contributed by atoms with Crippen molar-refractivity contribution in [2.45, 2.75) is 19.3 Å². The van der Waals surface area contributed by atoms with E-state index in [-0.39, 0.29) is 5.91 Å². The first-order valence-electron chi connectivity index (χ1n) is 6.34. The Hall–Kier alpha value is -1.07. The molecule has 0 atom stereocenters. The molecule has 4 nitrogen and oxygen atoms in total. The van der Waals surface area contributed by atoms with Crippen molar-refractivity contribution in [3.05, 3.63) is 24.3 Å². The number of amides is 1. The maximum absolute atomic E-state index is 11.6. The molecule has 0 bridgehead atoms. The number of anilines is 1. The molecule has 0 aliphatic heterocycles. The molecule has 1 amide bonds. The fourth-order valence-electron chi connectivity index (χ4n) is 1.48. The van der Waals surface area contributed by atoms with Gasteiger partial charge in [-0.3, -0.25) is 4.79 Å². The average molecular weight is 330 g/mol. The minimum atomic E-state index is 0.0500. The van der Waals surface area contributed by atoms with Gasteiger partial charge in [0.25, 0.3) is 0 Å². The maximum Gasteiger partial charge on any atom is 0.224 e. The summed E-state index contributed by atoms with van der Waals surface area (Å²) in [4.78, 5) is 11.6. The number of carbonyl (C=O) groups is 1. The molecule has 1 aromatic carbocycles. The quantitative estimate of drug-likeness (QED) is 0.559. The number of benzene rings is 1. The zero-order valence-electron chi connectivity index (χ0n) is 11.2. The molecule has 0 saturated heterocycles. The Morgan fingerprint density at radius 1 is 1.21 bits per heavy atom. The fourth-order valence-corrected chi connectivity index (χ4v) is 1.88. The lowest BCUT2D eigenvalue weighted by molar-refractivity contribution is -0.116. The number of carbonyl (C=O) groups excluding carboxylic acids is 1. The summed E-state index contributed by atoms with van der Waals surface area (Å²) in [5.41, 5.74) is 0.794. The number of methoxy groups -OCH3 is 1. The van der Waals surface area contributed by atoms with Gasteiger partial charge in [-0.2, -0.15) is 0 Å². The van der Waals surface area contributed by atoms with Crippen LogP contribution < -0.4 is 10.1 Å². The molecule has 0 unspecified atom stereocenters. The molecule has 5 heteroatoms. The van der Waals surface area contributed by atoms with Crippen LogP contribution in [0.3, 0.4) is 0 Å². The summed E-state index contributed by atoms with van der Waals surface area (Å²) in [6.07, 6.45) is 2.46. The van der Waals surface area contributed by atoms with Crippen LogP contribution >= 0.6 is 15.9 Å². The standard InChI is InChI=1S/C14H20BrNO3/c1-18-10-11-19-13-7-5-12(6-8-13)16-14(17)4-2-3-9-15/h5-8H,2-4,9-11H2,1H3,(H,16,17). The van der Waals surface area contributed by atoms with Crippen LogP contribution in [-0.4, -0.2) is 31.6 Å². The molecule has 0 radical (unpaired) electrons. The number of ether oxygens (including phenoxy) is 2. The van der Waals surface area contributed by atoms with Crippen molar-refractivity contribution in [3.63, 3.8) is 0 Å². The van der Waals surface area contributed by atoms with Crippen LogP contribution in [0.5, 0.6) is 5.75 Å². The first-order valence-corrected chi connectivity index (χ1v) is 7.46. The number of rotatable bonds is 9. The second kappa shape index (κ2) is 9.81. The summed E-state index contributed by atoms with van der Waals surface area (Å²) in [6, 6.07) is 7.35. The van der Waals surface area contributed by atoms with Crippen LogP contribution in [0.25, 0.3) is 0 Å². The van der Waals surface area contributed by atoms with Gasteiger partial charge in [0.15, 0.2) is 0 Å². The topological polar surface area (TPSA) is 47.6 Å². The Balaban J connectivity index is 2.32. The van der Waals surface area contributed by atoms with Gasteiger partial charge < -0.3 is 14.8 Å². The first kappa shape index (κ1) is 16.0. The Labute approximate surface area is 122 Å². The Bertz CT molecular complexity index is 367. The summed E-state index contributed by atoms with van der Waals surface area (Å²) < 4.78 is 10.3. The van der Waals surface area contributed by atoms with Crippen molar-refractivity contribution >= 4 is 27.5 Å². The van der Waals surface area contributed by atoms with Crippen molar-refractivity contribution in [3.8, 4) is 5.75 Å². The van der Waals surface area contributed by atoms with E-state index in [0.29, 0.717) is 19.6 Å². The second-order valence-electron chi connectivity index (χ2n) is 4.06. The molecule has 0 aliphatic carbocycles. The molecule has 0 aliphatic rings. The number of hydrogen-bond acceptors (Lipinski definition) is 3. The van der Waals surface area contributed by atoms with Crippen LogP contribution in [0.1, 0.15) is 19.3 Å². The van der Waals surface area contributed by atoms with Gasteiger partial charge in [0.1, 0.15) is 12.4 Å². The molecular weight excluding hydrogens is 310 g/mol. The van der Waals surface area contributed by atoms with Gasteiger partial charge in [-0.05, 0) is 37.1 Å². The van der Waals surface area contributed by atoms with Crippen molar-refractivity contribution in [2.24, 2.45) is 0 Å². The van der Waals surface area contributed by atoms with Gasteiger partial charge in [0.05, 0.1) is 6.61 Å². The van der Waals surface area contributed by atoms with E-state index in [1.807, 2.05) is 24.3 Å². The van der Waals surface area contributed by atoms with Gasteiger partial charge in [-0.15, -0.1) is 0 Å². The zero-order chi connectivity index (χ0) is 13.9. The Kier molecular flexibility index (Phi) is 8.25. The van der Waals surface area contributed by atoms with Crippen molar-refractivity contribution in [1.29, 1.82) is 0 Å². The van der Waals surface area contributed by atoms with E-state index in [4.69, 9.17) is 9.47 Å². The van der Waals surface area contributed by atoms with E-state index in [2.05, 4.69) is 21.2 Å². The highest BCUT2D eigenvalue weighted by molar-refractivity contribution is 9.09. The van der Waals surface area contributed by atoms with E-state index in [1.54, 1.807) is 7.11 Å². The monoisotopic (exact) mass is 329 g/mol. The van der Waals surface area contributed by atoms with E-state index >= 15 is 0 Å². The van der Waals surface area contributed by atoms with Gasteiger partial charge in [-0.25, -0.2) is 0 Å². The van der Waals surface area contributed by atoms with Crippen LogP contribution in [-0.2, 0) is 9.53 Å². The van der Waals surface area contributed by atoms with Crippen LogP contribution in [0.15, 0.2) is 24.3 Å². The molecule has 0 fully saturated rings. The molecule has 0 aromatic heterocycles. The van der Waals surface area contributed by atoms with Crippen LogP contribution in [0.4, 0.5) is 5.69 Å².